The Hall–Kier alpha value is -1.21. The molecule has 6 heteroatoms. The quantitative estimate of drug-likeness (QED) is 0.0317. The molecule has 4 unspecified atom stereocenters. The molecular weight excluding hydrogens is 647 g/mol. The third-order valence-corrected chi connectivity index (χ3v) is 10.6. The van der Waals surface area contributed by atoms with E-state index in [2.05, 4.69) is 43.5 Å². The fraction of sp³-hybridized carbons (Fsp3) is 0.891. The highest BCUT2D eigenvalue weighted by Gasteiger charge is 2.28. The maximum Gasteiger partial charge on any atom is 0.249 e. The van der Waals surface area contributed by atoms with Crippen LogP contribution in [0.5, 0.6) is 0 Å². The van der Waals surface area contributed by atoms with E-state index >= 15 is 0 Å². The van der Waals surface area contributed by atoms with Crippen molar-refractivity contribution in [2.75, 3.05) is 6.61 Å². The molecule has 0 aromatic heterocycles. The van der Waals surface area contributed by atoms with Crippen LogP contribution in [0.1, 0.15) is 232 Å². The van der Waals surface area contributed by atoms with Crippen LogP contribution in [0.3, 0.4) is 0 Å². The van der Waals surface area contributed by atoms with Crippen molar-refractivity contribution in [2.45, 2.75) is 257 Å². The monoisotopic (exact) mass is 736 g/mol. The molecule has 308 valence electrons. The van der Waals surface area contributed by atoms with Crippen LogP contribution < -0.4 is 5.32 Å². The van der Waals surface area contributed by atoms with Gasteiger partial charge in [-0.25, -0.2) is 0 Å². The summed E-state index contributed by atoms with van der Waals surface area (Å²) in [6, 6.07) is -1.00. The predicted molar refractivity (Wildman–Crippen MR) is 224 cm³/mol. The van der Waals surface area contributed by atoms with Crippen molar-refractivity contribution < 1.29 is 25.2 Å². The molecule has 0 aromatic rings. The van der Waals surface area contributed by atoms with Gasteiger partial charge in [0.25, 0.3) is 0 Å². The molecule has 0 rings (SSSR count). The standard InChI is InChI=1S/C46H89NO5/c1-3-5-7-9-11-13-15-17-19-21-22-23-24-26-27-29-31-33-35-37-39-43(49)45(51)42(41-48)47-46(52)44(50)40-38-36-34-32-30-28-25-20-18-16-14-12-10-8-6-4-2/h18,20,31,33,42-45,48-51H,3-17,19,21-30,32,34-41H2,1-2H3,(H,47,52)/b20-18-,33-31+. The van der Waals surface area contributed by atoms with Gasteiger partial charge in [0.2, 0.25) is 5.91 Å². The zero-order chi connectivity index (χ0) is 38.2. The summed E-state index contributed by atoms with van der Waals surface area (Å²) in [4.78, 5) is 12.5. The Kier molecular flexibility index (Phi) is 40.0. The number of hydrogen-bond acceptors (Lipinski definition) is 5. The predicted octanol–water partition coefficient (Wildman–Crippen LogP) is 12.0. The van der Waals surface area contributed by atoms with Crippen LogP contribution >= 0.6 is 0 Å². The normalized spacial score (nSPS) is 14.3. The van der Waals surface area contributed by atoms with E-state index in [1.807, 2.05) is 0 Å². The average Bonchev–Trinajstić information content (AvgIpc) is 3.15. The zero-order valence-corrected chi connectivity index (χ0v) is 34.6. The molecule has 0 saturated heterocycles. The van der Waals surface area contributed by atoms with Gasteiger partial charge >= 0.3 is 0 Å². The van der Waals surface area contributed by atoms with Gasteiger partial charge < -0.3 is 25.7 Å². The molecule has 0 fully saturated rings. The van der Waals surface area contributed by atoms with Gasteiger partial charge in [-0.3, -0.25) is 4.79 Å². The second-order valence-electron chi connectivity index (χ2n) is 15.7. The van der Waals surface area contributed by atoms with Crippen LogP contribution in [0.25, 0.3) is 0 Å². The lowest BCUT2D eigenvalue weighted by Crippen LogP contribution is -2.53. The molecule has 1 amide bonds. The summed E-state index contributed by atoms with van der Waals surface area (Å²) >= 11 is 0. The summed E-state index contributed by atoms with van der Waals surface area (Å²) < 4.78 is 0. The van der Waals surface area contributed by atoms with Gasteiger partial charge in [0.15, 0.2) is 0 Å². The molecule has 0 spiro atoms. The van der Waals surface area contributed by atoms with Crippen molar-refractivity contribution in [2.24, 2.45) is 0 Å². The molecule has 5 N–H and O–H groups in total. The first kappa shape index (κ1) is 50.8. The van der Waals surface area contributed by atoms with Gasteiger partial charge in [-0.1, -0.05) is 192 Å². The number of allylic oxidation sites excluding steroid dienone is 4. The Morgan fingerprint density at radius 2 is 0.788 bits per heavy atom. The van der Waals surface area contributed by atoms with Gasteiger partial charge in [0, 0.05) is 0 Å². The minimum absolute atomic E-state index is 0.357. The number of hydrogen-bond donors (Lipinski definition) is 5. The lowest BCUT2D eigenvalue weighted by molar-refractivity contribution is -0.132. The molecule has 0 bridgehead atoms. The fourth-order valence-electron chi connectivity index (χ4n) is 6.99. The molecule has 4 atom stereocenters. The Bertz CT molecular complexity index is 787. The summed E-state index contributed by atoms with van der Waals surface area (Å²) in [6.07, 6.45) is 46.4. The Morgan fingerprint density at radius 1 is 0.462 bits per heavy atom. The Balaban J connectivity index is 3.76. The molecule has 6 nitrogen and oxygen atoms in total. The minimum Gasteiger partial charge on any atom is -0.394 e. The van der Waals surface area contributed by atoms with Crippen LogP contribution in [0.15, 0.2) is 24.3 Å². The first-order valence-electron chi connectivity index (χ1n) is 22.7. The maximum absolute atomic E-state index is 12.5. The highest BCUT2D eigenvalue weighted by molar-refractivity contribution is 5.80. The summed E-state index contributed by atoms with van der Waals surface area (Å²) in [7, 11) is 0. The van der Waals surface area contributed by atoms with E-state index in [1.165, 1.54) is 161 Å². The smallest absolute Gasteiger partial charge is 0.249 e. The van der Waals surface area contributed by atoms with Crippen LogP contribution in [-0.4, -0.2) is 57.3 Å². The summed E-state index contributed by atoms with van der Waals surface area (Å²) in [5, 5.41) is 43.7. The van der Waals surface area contributed by atoms with E-state index in [1.54, 1.807) is 0 Å². The number of rotatable bonds is 41. The third kappa shape index (κ3) is 34.6. The summed E-state index contributed by atoms with van der Waals surface area (Å²) in [5.74, 6) is -0.597. The third-order valence-electron chi connectivity index (χ3n) is 10.6. The molecule has 0 aliphatic rings. The lowest BCUT2D eigenvalue weighted by Gasteiger charge is -2.27. The second-order valence-corrected chi connectivity index (χ2v) is 15.7. The van der Waals surface area contributed by atoms with Gasteiger partial charge in [-0.15, -0.1) is 0 Å². The number of aliphatic hydroxyl groups excluding tert-OH is 4. The van der Waals surface area contributed by atoms with Crippen LogP contribution in [0.4, 0.5) is 0 Å². The average molecular weight is 736 g/mol. The largest absolute Gasteiger partial charge is 0.394 e. The van der Waals surface area contributed by atoms with Crippen LogP contribution in [-0.2, 0) is 4.79 Å². The highest BCUT2D eigenvalue weighted by Crippen LogP contribution is 2.16. The lowest BCUT2D eigenvalue weighted by atomic mass is 10.00. The van der Waals surface area contributed by atoms with Gasteiger partial charge in [-0.05, 0) is 64.2 Å². The number of aliphatic hydroxyl groups is 4. The number of nitrogens with one attached hydrogen (secondary N) is 1. The molecule has 0 saturated carbocycles. The van der Waals surface area contributed by atoms with Crippen LogP contribution in [0.2, 0.25) is 0 Å². The van der Waals surface area contributed by atoms with E-state index in [-0.39, 0.29) is 0 Å². The number of carbonyl (C=O) groups excluding carboxylic acids is 1. The minimum atomic E-state index is -1.28. The van der Waals surface area contributed by atoms with Crippen molar-refractivity contribution >= 4 is 5.91 Å². The van der Waals surface area contributed by atoms with Crippen LogP contribution in [0, 0.1) is 0 Å². The van der Waals surface area contributed by atoms with E-state index in [0.717, 1.165) is 44.9 Å². The molecule has 0 aliphatic heterocycles. The Morgan fingerprint density at radius 3 is 1.15 bits per heavy atom. The van der Waals surface area contributed by atoms with Gasteiger partial charge in [0.05, 0.1) is 18.8 Å². The summed E-state index contributed by atoms with van der Waals surface area (Å²) in [6.45, 7) is 4.04. The first-order chi connectivity index (χ1) is 25.5. The fourth-order valence-corrected chi connectivity index (χ4v) is 6.99. The molecule has 0 heterocycles. The molecular formula is C46H89NO5. The van der Waals surface area contributed by atoms with Crippen molar-refractivity contribution in [3.8, 4) is 0 Å². The number of unbranched alkanes of at least 4 members (excludes halogenated alkanes) is 28. The van der Waals surface area contributed by atoms with E-state index in [4.69, 9.17) is 0 Å². The van der Waals surface area contributed by atoms with Gasteiger partial charge in [0.1, 0.15) is 12.2 Å². The summed E-state index contributed by atoms with van der Waals surface area (Å²) in [5.41, 5.74) is 0. The molecule has 52 heavy (non-hydrogen) atoms. The van der Waals surface area contributed by atoms with Crippen molar-refractivity contribution in [3.05, 3.63) is 24.3 Å². The van der Waals surface area contributed by atoms with Crippen molar-refractivity contribution in [1.29, 1.82) is 0 Å². The SMILES string of the molecule is CCCCCCCC/C=C\CCCCCCCCC(O)C(=O)NC(CO)C(O)C(O)CCC/C=C/CCCCCCCCCCCCCCCCC. The number of amides is 1. The van der Waals surface area contributed by atoms with Crippen molar-refractivity contribution in [1.82, 2.24) is 5.32 Å². The highest BCUT2D eigenvalue weighted by atomic mass is 16.3. The second kappa shape index (κ2) is 41.0. The molecule has 0 aliphatic carbocycles. The maximum atomic E-state index is 12.5. The topological polar surface area (TPSA) is 110 Å². The van der Waals surface area contributed by atoms with Crippen molar-refractivity contribution in [3.63, 3.8) is 0 Å². The van der Waals surface area contributed by atoms with E-state index in [9.17, 15) is 25.2 Å². The molecule has 0 radical (unpaired) electrons. The number of carbonyl (C=O) groups is 1. The zero-order valence-electron chi connectivity index (χ0n) is 34.6. The van der Waals surface area contributed by atoms with E-state index in [0.29, 0.717) is 12.8 Å². The first-order valence-corrected chi connectivity index (χ1v) is 22.7. The molecule has 0 aromatic carbocycles. The van der Waals surface area contributed by atoms with E-state index < -0.39 is 36.9 Å². The Labute approximate surface area is 323 Å². The van der Waals surface area contributed by atoms with Gasteiger partial charge in [-0.2, -0.15) is 0 Å².